The van der Waals surface area contributed by atoms with Gasteiger partial charge in [-0.15, -0.1) is 0 Å². The maximum Gasteiger partial charge on any atom is 0.436 e. The van der Waals surface area contributed by atoms with Crippen LogP contribution >= 0.6 is 15.9 Å². The van der Waals surface area contributed by atoms with Gasteiger partial charge in [-0.2, -0.15) is 0 Å². The number of rotatable bonds is 1. The molecule has 2 atom stereocenters. The van der Waals surface area contributed by atoms with Crippen LogP contribution in [0.5, 0.6) is 0 Å². The third-order valence-corrected chi connectivity index (χ3v) is 3.94. The number of ether oxygens (including phenoxy) is 1. The van der Waals surface area contributed by atoms with Gasteiger partial charge in [-0.3, -0.25) is 0 Å². The van der Waals surface area contributed by atoms with Gasteiger partial charge in [0.05, 0.1) is 0 Å². The number of hydrogen-bond acceptors (Lipinski definition) is 5. The fraction of sp³-hybridized carbons (Fsp3) is 0.385. The molecule has 2 aliphatic rings. The molecular weight excluding hydrogens is 314 g/mol. The number of carbonyl (C=O) groups excluding carboxylic acids is 2. The summed E-state index contributed by atoms with van der Waals surface area (Å²) in [7, 11) is 0. The molecule has 100 valence electrons. The molecule has 2 heterocycles. The summed E-state index contributed by atoms with van der Waals surface area (Å²) in [5.74, 6) is -1.82. The van der Waals surface area contributed by atoms with E-state index in [1.54, 1.807) is 0 Å². The monoisotopic (exact) mass is 325 g/mol. The lowest BCUT2D eigenvalue weighted by Crippen LogP contribution is -2.53. The summed E-state index contributed by atoms with van der Waals surface area (Å²) in [5, 5.41) is 1.47. The van der Waals surface area contributed by atoms with Gasteiger partial charge in [-0.1, -0.05) is 33.1 Å². The number of benzene rings is 1. The number of hydrogen-bond donors (Lipinski definition) is 0. The molecule has 0 bridgehead atoms. The molecule has 0 spiro atoms. The zero-order valence-corrected chi connectivity index (χ0v) is 11.6. The zero-order valence-electron chi connectivity index (χ0n) is 10.0. The first-order valence-electron chi connectivity index (χ1n) is 6.10. The third-order valence-electron chi connectivity index (χ3n) is 3.41. The van der Waals surface area contributed by atoms with E-state index in [1.807, 2.05) is 24.3 Å². The second-order valence-electron chi connectivity index (χ2n) is 4.62. The summed E-state index contributed by atoms with van der Waals surface area (Å²) < 4.78 is 6.20. The molecule has 0 aromatic heterocycles. The number of halogens is 1. The Bertz CT molecular complexity index is 516. The van der Waals surface area contributed by atoms with Crippen LogP contribution in [-0.2, 0) is 19.2 Å². The standard InChI is InChI=1S/C13H12BrNO4/c14-9-5-3-8(4-6-9)10-2-1-7-15-11(10)18-12(16)13(17)19-15/h3-6,10-11H,1-2,7H2/t10-,11?/m1/s1. The van der Waals surface area contributed by atoms with E-state index in [0.29, 0.717) is 6.54 Å². The molecule has 1 aromatic carbocycles. The summed E-state index contributed by atoms with van der Waals surface area (Å²) in [5.41, 5.74) is 1.07. The van der Waals surface area contributed by atoms with Crippen molar-refractivity contribution in [3.63, 3.8) is 0 Å². The highest BCUT2D eigenvalue weighted by molar-refractivity contribution is 9.10. The van der Waals surface area contributed by atoms with Crippen molar-refractivity contribution >= 4 is 27.9 Å². The summed E-state index contributed by atoms with van der Waals surface area (Å²) in [4.78, 5) is 27.5. The van der Waals surface area contributed by atoms with Crippen molar-refractivity contribution in [3.8, 4) is 0 Å². The molecule has 6 heteroatoms. The number of fused-ring (bicyclic) bond motifs is 1. The highest BCUT2D eigenvalue weighted by Gasteiger charge is 2.43. The normalized spacial score (nSPS) is 27.4. The van der Waals surface area contributed by atoms with Crippen LogP contribution in [0.1, 0.15) is 24.3 Å². The summed E-state index contributed by atoms with van der Waals surface area (Å²) in [6, 6.07) is 7.88. The van der Waals surface area contributed by atoms with Gasteiger partial charge in [0, 0.05) is 16.9 Å². The van der Waals surface area contributed by atoms with Gasteiger partial charge in [0.1, 0.15) is 0 Å². The predicted molar refractivity (Wildman–Crippen MR) is 68.8 cm³/mol. The van der Waals surface area contributed by atoms with E-state index in [1.165, 1.54) is 5.06 Å². The van der Waals surface area contributed by atoms with Crippen LogP contribution in [0.4, 0.5) is 0 Å². The Kier molecular flexibility index (Phi) is 3.28. The van der Waals surface area contributed by atoms with Gasteiger partial charge >= 0.3 is 11.9 Å². The molecule has 2 fully saturated rings. The Morgan fingerprint density at radius 2 is 1.89 bits per heavy atom. The smallest absolute Gasteiger partial charge is 0.434 e. The lowest BCUT2D eigenvalue weighted by Gasteiger charge is -2.40. The van der Waals surface area contributed by atoms with Crippen LogP contribution in [0.25, 0.3) is 0 Å². The fourth-order valence-corrected chi connectivity index (χ4v) is 2.78. The molecule has 5 nitrogen and oxygen atoms in total. The average Bonchev–Trinajstić information content (AvgIpc) is 2.41. The molecule has 0 aliphatic carbocycles. The number of carbonyl (C=O) groups is 2. The van der Waals surface area contributed by atoms with Crippen LogP contribution in [0.3, 0.4) is 0 Å². The molecule has 3 rings (SSSR count). The molecule has 0 amide bonds. The number of nitrogens with zero attached hydrogens (tertiary/aromatic N) is 1. The molecule has 19 heavy (non-hydrogen) atoms. The van der Waals surface area contributed by atoms with Crippen molar-refractivity contribution < 1.29 is 19.2 Å². The van der Waals surface area contributed by atoms with E-state index in [9.17, 15) is 9.59 Å². The van der Waals surface area contributed by atoms with E-state index < -0.39 is 18.2 Å². The van der Waals surface area contributed by atoms with Crippen LogP contribution < -0.4 is 0 Å². The molecule has 1 unspecified atom stereocenters. The minimum atomic E-state index is -0.937. The predicted octanol–water partition coefficient (Wildman–Crippen LogP) is 1.97. The topological polar surface area (TPSA) is 55.8 Å². The molecule has 1 aromatic rings. The van der Waals surface area contributed by atoms with E-state index in [4.69, 9.17) is 9.57 Å². The van der Waals surface area contributed by atoms with Crippen LogP contribution in [0, 0.1) is 0 Å². The fourth-order valence-electron chi connectivity index (χ4n) is 2.52. The Morgan fingerprint density at radius 3 is 2.63 bits per heavy atom. The van der Waals surface area contributed by atoms with Crippen molar-refractivity contribution in [2.45, 2.75) is 25.0 Å². The van der Waals surface area contributed by atoms with Crippen molar-refractivity contribution in [1.29, 1.82) is 0 Å². The first kappa shape index (κ1) is 12.6. The van der Waals surface area contributed by atoms with Crippen molar-refractivity contribution in [1.82, 2.24) is 5.06 Å². The summed E-state index contributed by atoms with van der Waals surface area (Å²) >= 11 is 3.39. The third kappa shape index (κ3) is 2.37. The molecule has 2 saturated heterocycles. The van der Waals surface area contributed by atoms with Gasteiger partial charge in [-0.25, -0.2) is 9.59 Å². The number of esters is 1. The van der Waals surface area contributed by atoms with Gasteiger partial charge in [0.15, 0.2) is 6.23 Å². The summed E-state index contributed by atoms with van der Waals surface area (Å²) in [6.07, 6.45) is 1.27. The Balaban J connectivity index is 1.87. The van der Waals surface area contributed by atoms with Crippen LogP contribution in [0.15, 0.2) is 28.7 Å². The Labute approximate surface area is 118 Å². The lowest BCUT2D eigenvalue weighted by atomic mass is 9.89. The quantitative estimate of drug-likeness (QED) is 0.583. The van der Waals surface area contributed by atoms with Crippen molar-refractivity contribution in [2.24, 2.45) is 0 Å². The maximum atomic E-state index is 11.3. The van der Waals surface area contributed by atoms with E-state index in [-0.39, 0.29) is 5.92 Å². The van der Waals surface area contributed by atoms with Crippen LogP contribution in [0.2, 0.25) is 0 Å². The van der Waals surface area contributed by atoms with Gasteiger partial charge < -0.3 is 9.57 Å². The number of hydroxylamine groups is 2. The average molecular weight is 326 g/mol. The largest absolute Gasteiger partial charge is 0.436 e. The molecule has 0 N–H and O–H groups in total. The van der Waals surface area contributed by atoms with E-state index >= 15 is 0 Å². The Morgan fingerprint density at radius 1 is 1.16 bits per heavy atom. The zero-order chi connectivity index (χ0) is 13.4. The minimum Gasteiger partial charge on any atom is -0.434 e. The van der Waals surface area contributed by atoms with Gasteiger partial charge in [0.2, 0.25) is 0 Å². The second kappa shape index (κ2) is 4.94. The molecule has 2 aliphatic heterocycles. The van der Waals surface area contributed by atoms with E-state index in [0.717, 1.165) is 22.9 Å². The molecule has 0 radical (unpaired) electrons. The highest BCUT2D eigenvalue weighted by Crippen LogP contribution is 2.35. The van der Waals surface area contributed by atoms with Crippen molar-refractivity contribution in [3.05, 3.63) is 34.3 Å². The van der Waals surface area contributed by atoms with Gasteiger partial charge in [-0.05, 0) is 30.5 Å². The lowest BCUT2D eigenvalue weighted by molar-refractivity contribution is -0.277. The Hall–Kier alpha value is -1.40. The SMILES string of the molecule is O=C1OC2[C@@H](c3ccc(Br)cc3)CCCN2OC1=O. The minimum absolute atomic E-state index is 0.0268. The van der Waals surface area contributed by atoms with Crippen LogP contribution in [-0.4, -0.2) is 29.8 Å². The van der Waals surface area contributed by atoms with E-state index in [2.05, 4.69) is 15.9 Å². The maximum absolute atomic E-state index is 11.3. The molecule has 0 saturated carbocycles. The first-order chi connectivity index (χ1) is 9.15. The first-order valence-corrected chi connectivity index (χ1v) is 6.89. The van der Waals surface area contributed by atoms with Gasteiger partial charge in [0.25, 0.3) is 0 Å². The highest BCUT2D eigenvalue weighted by atomic mass is 79.9. The number of piperidine rings is 1. The summed E-state index contributed by atoms with van der Waals surface area (Å²) in [6.45, 7) is 0.594. The second-order valence-corrected chi connectivity index (χ2v) is 5.53. The van der Waals surface area contributed by atoms with Crippen molar-refractivity contribution in [2.75, 3.05) is 6.54 Å². The molecular formula is C13H12BrNO4.